The highest BCUT2D eigenvalue weighted by molar-refractivity contribution is 5.11. The Bertz CT molecular complexity index is 336. The van der Waals surface area contributed by atoms with Crippen molar-refractivity contribution in [2.75, 3.05) is 13.2 Å². The third kappa shape index (κ3) is 7.21. The lowest BCUT2D eigenvalue weighted by Gasteiger charge is -2.14. The molecule has 1 unspecified atom stereocenters. The highest BCUT2D eigenvalue weighted by atomic mass is 16.5. The van der Waals surface area contributed by atoms with Gasteiger partial charge in [0.1, 0.15) is 6.61 Å². The number of hydrogen-bond acceptors (Lipinski definition) is 3. The van der Waals surface area contributed by atoms with Crippen LogP contribution in [0.25, 0.3) is 0 Å². The van der Waals surface area contributed by atoms with Crippen molar-refractivity contribution in [3.63, 3.8) is 0 Å². The van der Waals surface area contributed by atoms with Crippen LogP contribution in [0.2, 0.25) is 0 Å². The Morgan fingerprint density at radius 1 is 1.32 bits per heavy atom. The van der Waals surface area contributed by atoms with Crippen LogP contribution in [0.5, 0.6) is 5.75 Å². The van der Waals surface area contributed by atoms with Crippen LogP contribution in [0, 0.1) is 5.92 Å². The van der Waals surface area contributed by atoms with Gasteiger partial charge < -0.3 is 10.1 Å². The molecule has 1 heterocycles. The Labute approximate surface area is 117 Å². The van der Waals surface area contributed by atoms with Gasteiger partial charge in [0.15, 0.2) is 5.75 Å². The fourth-order valence-corrected chi connectivity index (χ4v) is 1.93. The molecule has 1 aromatic rings. The first-order valence-corrected chi connectivity index (χ1v) is 7.50. The number of aromatic nitrogens is 2. The van der Waals surface area contributed by atoms with Gasteiger partial charge in [-0.05, 0) is 32.1 Å². The molecule has 1 N–H and O–H groups in total. The van der Waals surface area contributed by atoms with Crippen molar-refractivity contribution < 1.29 is 4.74 Å². The van der Waals surface area contributed by atoms with Gasteiger partial charge in [-0.1, -0.05) is 20.8 Å². The van der Waals surface area contributed by atoms with E-state index in [4.69, 9.17) is 4.74 Å². The van der Waals surface area contributed by atoms with Crippen LogP contribution in [-0.2, 0) is 6.54 Å². The van der Waals surface area contributed by atoms with E-state index in [-0.39, 0.29) is 0 Å². The summed E-state index contributed by atoms with van der Waals surface area (Å²) in [5.41, 5.74) is 0. The van der Waals surface area contributed by atoms with Gasteiger partial charge in [-0.3, -0.25) is 4.68 Å². The summed E-state index contributed by atoms with van der Waals surface area (Å²) >= 11 is 0. The zero-order chi connectivity index (χ0) is 14.1. The van der Waals surface area contributed by atoms with Crippen molar-refractivity contribution >= 4 is 0 Å². The average molecular weight is 267 g/mol. The van der Waals surface area contributed by atoms with E-state index in [2.05, 4.69) is 38.1 Å². The van der Waals surface area contributed by atoms with Crippen LogP contribution in [0.3, 0.4) is 0 Å². The van der Waals surface area contributed by atoms with Crippen molar-refractivity contribution in [2.24, 2.45) is 5.92 Å². The molecule has 19 heavy (non-hydrogen) atoms. The van der Waals surface area contributed by atoms with Crippen LogP contribution < -0.4 is 10.1 Å². The highest BCUT2D eigenvalue weighted by Gasteiger charge is 2.03. The second kappa shape index (κ2) is 8.97. The zero-order valence-corrected chi connectivity index (χ0v) is 12.9. The molecule has 0 aromatic carbocycles. The third-order valence-corrected chi connectivity index (χ3v) is 3.10. The Morgan fingerprint density at radius 2 is 2.11 bits per heavy atom. The summed E-state index contributed by atoms with van der Waals surface area (Å²) in [5.74, 6) is 1.65. The summed E-state index contributed by atoms with van der Waals surface area (Å²) in [4.78, 5) is 0. The van der Waals surface area contributed by atoms with Crippen molar-refractivity contribution in [3.8, 4) is 5.75 Å². The smallest absolute Gasteiger partial charge is 0.157 e. The summed E-state index contributed by atoms with van der Waals surface area (Å²) in [6.07, 6.45) is 7.35. The lowest BCUT2D eigenvalue weighted by molar-refractivity contribution is 0.302. The van der Waals surface area contributed by atoms with Crippen LogP contribution in [-0.4, -0.2) is 29.0 Å². The normalized spacial score (nSPS) is 12.9. The molecule has 4 heteroatoms. The number of nitrogens with zero attached hydrogens (tertiary/aromatic N) is 2. The van der Waals surface area contributed by atoms with Crippen molar-refractivity contribution in [3.05, 3.63) is 12.4 Å². The first-order chi connectivity index (χ1) is 9.11. The molecule has 0 radical (unpaired) electrons. The minimum Gasteiger partial charge on any atom is -0.489 e. The van der Waals surface area contributed by atoms with Gasteiger partial charge in [-0.25, -0.2) is 0 Å². The Morgan fingerprint density at radius 3 is 2.79 bits per heavy atom. The van der Waals surface area contributed by atoms with E-state index in [0.717, 1.165) is 31.2 Å². The number of nitrogens with one attached hydrogen (secondary N) is 1. The molecule has 110 valence electrons. The van der Waals surface area contributed by atoms with E-state index in [1.165, 1.54) is 12.8 Å². The van der Waals surface area contributed by atoms with E-state index in [0.29, 0.717) is 12.6 Å². The largest absolute Gasteiger partial charge is 0.489 e. The molecule has 1 rings (SSSR count). The van der Waals surface area contributed by atoms with Crippen LogP contribution in [0.1, 0.15) is 47.0 Å². The van der Waals surface area contributed by atoms with Gasteiger partial charge in [0.25, 0.3) is 0 Å². The first kappa shape index (κ1) is 16.0. The first-order valence-electron chi connectivity index (χ1n) is 7.50. The minimum atomic E-state index is 0.564. The van der Waals surface area contributed by atoms with E-state index >= 15 is 0 Å². The van der Waals surface area contributed by atoms with Crippen LogP contribution in [0.15, 0.2) is 12.4 Å². The molecule has 0 aliphatic rings. The molecule has 0 aliphatic carbocycles. The summed E-state index contributed by atoms with van der Waals surface area (Å²) in [5, 5.41) is 7.73. The standard InChI is InChI=1S/C15H29N3O/c1-5-9-18-12-15(11-17-18)19-10-8-16-14(4)7-6-13(2)3/h11-14,16H,5-10H2,1-4H3. The quantitative estimate of drug-likeness (QED) is 0.662. The molecule has 0 saturated heterocycles. The minimum absolute atomic E-state index is 0.564. The second-order valence-electron chi connectivity index (χ2n) is 5.61. The molecule has 0 spiro atoms. The summed E-state index contributed by atoms with van der Waals surface area (Å²) in [6.45, 7) is 11.5. The summed E-state index contributed by atoms with van der Waals surface area (Å²) < 4.78 is 7.59. The average Bonchev–Trinajstić information content (AvgIpc) is 2.80. The molecular weight excluding hydrogens is 238 g/mol. The Hall–Kier alpha value is -1.03. The Kier molecular flexibility index (Phi) is 7.56. The molecule has 1 atom stereocenters. The van der Waals surface area contributed by atoms with Gasteiger partial charge in [-0.15, -0.1) is 0 Å². The maximum atomic E-state index is 5.66. The molecule has 4 nitrogen and oxygen atoms in total. The zero-order valence-electron chi connectivity index (χ0n) is 12.9. The predicted molar refractivity (Wildman–Crippen MR) is 79.5 cm³/mol. The van der Waals surface area contributed by atoms with Gasteiger partial charge in [0, 0.05) is 19.1 Å². The monoisotopic (exact) mass is 267 g/mol. The maximum absolute atomic E-state index is 5.66. The molecule has 0 saturated carbocycles. The highest BCUT2D eigenvalue weighted by Crippen LogP contribution is 2.08. The van der Waals surface area contributed by atoms with Crippen LogP contribution >= 0.6 is 0 Å². The molecule has 0 bridgehead atoms. The number of ether oxygens (including phenoxy) is 1. The molecular formula is C15H29N3O. The van der Waals surface area contributed by atoms with Crippen LogP contribution in [0.4, 0.5) is 0 Å². The second-order valence-corrected chi connectivity index (χ2v) is 5.61. The van der Waals surface area contributed by atoms with Crippen molar-refractivity contribution in [1.82, 2.24) is 15.1 Å². The SMILES string of the molecule is CCCn1cc(OCCNC(C)CCC(C)C)cn1. The molecule has 0 aliphatic heterocycles. The van der Waals surface area contributed by atoms with E-state index in [1.807, 2.05) is 10.9 Å². The van der Waals surface area contributed by atoms with Gasteiger partial charge in [-0.2, -0.15) is 5.10 Å². The number of rotatable bonds is 10. The van der Waals surface area contributed by atoms with Gasteiger partial charge in [0.2, 0.25) is 0 Å². The fraction of sp³-hybridized carbons (Fsp3) is 0.800. The predicted octanol–water partition coefficient (Wildman–Crippen LogP) is 3.09. The topological polar surface area (TPSA) is 39.1 Å². The third-order valence-electron chi connectivity index (χ3n) is 3.10. The Balaban J connectivity index is 2.09. The van der Waals surface area contributed by atoms with Crippen molar-refractivity contribution in [2.45, 2.75) is 59.5 Å². The van der Waals surface area contributed by atoms with Crippen molar-refractivity contribution in [1.29, 1.82) is 0 Å². The van der Waals surface area contributed by atoms with E-state index in [9.17, 15) is 0 Å². The van der Waals surface area contributed by atoms with Gasteiger partial charge >= 0.3 is 0 Å². The lowest BCUT2D eigenvalue weighted by Crippen LogP contribution is -2.30. The summed E-state index contributed by atoms with van der Waals surface area (Å²) in [6, 6.07) is 0.564. The lowest BCUT2D eigenvalue weighted by atomic mass is 10.0. The maximum Gasteiger partial charge on any atom is 0.157 e. The fourth-order valence-electron chi connectivity index (χ4n) is 1.93. The molecule has 0 fully saturated rings. The van der Waals surface area contributed by atoms with Gasteiger partial charge in [0.05, 0.1) is 12.4 Å². The molecule has 1 aromatic heterocycles. The van der Waals surface area contributed by atoms with E-state index < -0.39 is 0 Å². The number of hydrogen-bond donors (Lipinski definition) is 1. The van der Waals surface area contributed by atoms with E-state index in [1.54, 1.807) is 6.20 Å². The number of aryl methyl sites for hydroxylation is 1. The summed E-state index contributed by atoms with van der Waals surface area (Å²) in [7, 11) is 0. The molecule has 0 amide bonds.